The molecule has 1 saturated carbocycles. The zero-order valence-electron chi connectivity index (χ0n) is 9.08. The lowest BCUT2D eigenvalue weighted by atomic mass is 10.2. The van der Waals surface area contributed by atoms with E-state index in [0.29, 0.717) is 6.04 Å². The monoisotopic (exact) mass is 200 g/mol. The van der Waals surface area contributed by atoms with Crippen molar-refractivity contribution in [2.45, 2.75) is 57.8 Å². The molecule has 0 saturated heterocycles. The predicted octanol–water partition coefficient (Wildman–Crippen LogP) is 0.0124. The second-order valence-electron chi connectivity index (χ2n) is 4.20. The summed E-state index contributed by atoms with van der Waals surface area (Å²) < 4.78 is 0. The van der Waals surface area contributed by atoms with Gasteiger partial charge in [0.15, 0.2) is 0 Å². The van der Waals surface area contributed by atoms with Crippen molar-refractivity contribution in [1.82, 2.24) is 10.6 Å². The number of hydrogen-bond donors (Lipinski definition) is 3. The maximum Gasteiger partial charge on any atom is 0.237 e. The Morgan fingerprint density at radius 1 is 1.36 bits per heavy atom. The molecule has 0 aromatic carbocycles. The van der Waals surface area contributed by atoms with Crippen molar-refractivity contribution in [1.29, 1.82) is 0 Å². The van der Waals surface area contributed by atoms with Gasteiger partial charge in [-0.2, -0.15) is 0 Å². The lowest BCUT2D eigenvalue weighted by molar-refractivity contribution is -0.123. The standard InChI is InChI=1S/C10H20N2O2/c1-6(8(3)13)11-7(2)10(14)12-9-4-5-9/h6-9,11,13H,4-5H2,1-3H3,(H,12,14). The average Bonchev–Trinajstić information content (AvgIpc) is 2.87. The summed E-state index contributed by atoms with van der Waals surface area (Å²) in [6.07, 6.45) is 1.76. The van der Waals surface area contributed by atoms with E-state index in [0.717, 1.165) is 12.8 Å². The van der Waals surface area contributed by atoms with Crippen LogP contribution in [0.25, 0.3) is 0 Å². The van der Waals surface area contributed by atoms with Crippen LogP contribution in [-0.2, 0) is 4.79 Å². The smallest absolute Gasteiger partial charge is 0.237 e. The first kappa shape index (κ1) is 11.5. The van der Waals surface area contributed by atoms with E-state index >= 15 is 0 Å². The second-order valence-corrected chi connectivity index (χ2v) is 4.20. The van der Waals surface area contributed by atoms with Gasteiger partial charge in [0.05, 0.1) is 12.1 Å². The van der Waals surface area contributed by atoms with Crippen LogP contribution in [0.3, 0.4) is 0 Å². The molecule has 1 amide bonds. The van der Waals surface area contributed by atoms with E-state index < -0.39 is 6.10 Å². The van der Waals surface area contributed by atoms with Crippen LogP contribution in [0.15, 0.2) is 0 Å². The van der Waals surface area contributed by atoms with Crippen molar-refractivity contribution < 1.29 is 9.90 Å². The van der Waals surface area contributed by atoms with Crippen LogP contribution in [0, 0.1) is 0 Å². The number of nitrogens with one attached hydrogen (secondary N) is 2. The highest BCUT2D eigenvalue weighted by Gasteiger charge is 2.26. The Balaban J connectivity index is 2.24. The van der Waals surface area contributed by atoms with Gasteiger partial charge in [-0.1, -0.05) is 0 Å². The Kier molecular flexibility index (Phi) is 3.89. The zero-order valence-corrected chi connectivity index (χ0v) is 9.08. The van der Waals surface area contributed by atoms with Crippen LogP contribution in [0.4, 0.5) is 0 Å². The molecule has 0 spiro atoms. The number of hydrogen-bond acceptors (Lipinski definition) is 3. The first-order valence-electron chi connectivity index (χ1n) is 5.25. The molecule has 0 radical (unpaired) electrons. The van der Waals surface area contributed by atoms with Gasteiger partial charge in [0, 0.05) is 12.1 Å². The summed E-state index contributed by atoms with van der Waals surface area (Å²) in [5.74, 6) is 0.0278. The van der Waals surface area contributed by atoms with Crippen LogP contribution >= 0.6 is 0 Å². The molecule has 0 bridgehead atoms. The summed E-state index contributed by atoms with van der Waals surface area (Å²) in [5, 5.41) is 15.2. The predicted molar refractivity (Wildman–Crippen MR) is 54.9 cm³/mol. The molecule has 4 heteroatoms. The van der Waals surface area contributed by atoms with Gasteiger partial charge in [0.2, 0.25) is 5.91 Å². The largest absolute Gasteiger partial charge is 0.392 e. The maximum atomic E-state index is 11.5. The molecule has 3 N–H and O–H groups in total. The highest BCUT2D eigenvalue weighted by Crippen LogP contribution is 2.18. The lowest BCUT2D eigenvalue weighted by Crippen LogP contribution is -2.49. The summed E-state index contributed by atoms with van der Waals surface area (Å²) >= 11 is 0. The molecule has 4 nitrogen and oxygen atoms in total. The van der Waals surface area contributed by atoms with Gasteiger partial charge in [-0.05, 0) is 33.6 Å². The number of carbonyl (C=O) groups is 1. The Morgan fingerprint density at radius 3 is 2.36 bits per heavy atom. The van der Waals surface area contributed by atoms with Gasteiger partial charge in [-0.15, -0.1) is 0 Å². The van der Waals surface area contributed by atoms with E-state index in [2.05, 4.69) is 10.6 Å². The topological polar surface area (TPSA) is 61.4 Å². The molecule has 0 aromatic rings. The van der Waals surface area contributed by atoms with E-state index in [-0.39, 0.29) is 18.0 Å². The number of amides is 1. The highest BCUT2D eigenvalue weighted by atomic mass is 16.3. The summed E-state index contributed by atoms with van der Waals surface area (Å²) in [5.41, 5.74) is 0. The molecule has 1 aliphatic carbocycles. The molecular weight excluding hydrogens is 180 g/mol. The minimum Gasteiger partial charge on any atom is -0.392 e. The Labute approximate surface area is 85.1 Å². The average molecular weight is 200 g/mol. The van der Waals surface area contributed by atoms with E-state index in [9.17, 15) is 9.90 Å². The third-order valence-electron chi connectivity index (χ3n) is 2.55. The summed E-state index contributed by atoms with van der Waals surface area (Å²) in [4.78, 5) is 11.5. The fraction of sp³-hybridized carbons (Fsp3) is 0.900. The number of rotatable bonds is 5. The van der Waals surface area contributed by atoms with Crippen molar-refractivity contribution in [3.05, 3.63) is 0 Å². The Bertz CT molecular complexity index is 202. The summed E-state index contributed by atoms with van der Waals surface area (Å²) in [6, 6.07) is 0.101. The van der Waals surface area contributed by atoms with Gasteiger partial charge in [-0.25, -0.2) is 0 Å². The zero-order chi connectivity index (χ0) is 10.7. The quantitative estimate of drug-likeness (QED) is 0.586. The molecule has 1 aliphatic rings. The SMILES string of the molecule is CC(NC(C)C(C)O)C(=O)NC1CC1. The van der Waals surface area contributed by atoms with Crippen LogP contribution in [0.5, 0.6) is 0 Å². The van der Waals surface area contributed by atoms with Crippen LogP contribution in [0.2, 0.25) is 0 Å². The highest BCUT2D eigenvalue weighted by molar-refractivity contribution is 5.81. The third kappa shape index (κ3) is 3.64. The molecular formula is C10H20N2O2. The van der Waals surface area contributed by atoms with Gasteiger partial charge in [-0.3, -0.25) is 4.79 Å². The summed E-state index contributed by atoms with van der Waals surface area (Å²) in [7, 11) is 0. The van der Waals surface area contributed by atoms with Gasteiger partial charge in [0.1, 0.15) is 0 Å². The van der Waals surface area contributed by atoms with Crippen LogP contribution < -0.4 is 10.6 Å². The Morgan fingerprint density at radius 2 is 1.93 bits per heavy atom. The number of aliphatic hydroxyl groups is 1. The van der Waals surface area contributed by atoms with E-state index in [1.165, 1.54) is 0 Å². The van der Waals surface area contributed by atoms with Crippen molar-refractivity contribution >= 4 is 5.91 Å². The molecule has 3 atom stereocenters. The minimum atomic E-state index is -0.439. The second kappa shape index (κ2) is 4.75. The molecule has 82 valence electrons. The molecule has 1 fully saturated rings. The van der Waals surface area contributed by atoms with Crippen molar-refractivity contribution in [2.75, 3.05) is 0 Å². The third-order valence-corrected chi connectivity index (χ3v) is 2.55. The molecule has 3 unspecified atom stereocenters. The van der Waals surface area contributed by atoms with Gasteiger partial charge < -0.3 is 15.7 Å². The van der Waals surface area contributed by atoms with Crippen molar-refractivity contribution in [2.24, 2.45) is 0 Å². The fourth-order valence-electron chi connectivity index (χ4n) is 1.16. The molecule has 0 aliphatic heterocycles. The first-order valence-corrected chi connectivity index (χ1v) is 5.25. The first-order chi connectivity index (χ1) is 6.50. The number of aliphatic hydroxyl groups excluding tert-OH is 1. The van der Waals surface area contributed by atoms with E-state index in [1.54, 1.807) is 6.92 Å². The van der Waals surface area contributed by atoms with Crippen LogP contribution in [0.1, 0.15) is 33.6 Å². The van der Waals surface area contributed by atoms with Gasteiger partial charge in [0.25, 0.3) is 0 Å². The van der Waals surface area contributed by atoms with E-state index in [1.807, 2.05) is 13.8 Å². The normalized spacial score (nSPS) is 22.6. The van der Waals surface area contributed by atoms with Crippen molar-refractivity contribution in [3.63, 3.8) is 0 Å². The van der Waals surface area contributed by atoms with E-state index in [4.69, 9.17) is 0 Å². The number of carbonyl (C=O) groups excluding carboxylic acids is 1. The Hall–Kier alpha value is -0.610. The molecule has 1 rings (SSSR count). The van der Waals surface area contributed by atoms with Crippen molar-refractivity contribution in [3.8, 4) is 0 Å². The van der Waals surface area contributed by atoms with Crippen LogP contribution in [-0.4, -0.2) is 35.2 Å². The fourth-order valence-corrected chi connectivity index (χ4v) is 1.16. The summed E-state index contributed by atoms with van der Waals surface area (Å²) in [6.45, 7) is 5.39. The maximum absolute atomic E-state index is 11.5. The molecule has 14 heavy (non-hydrogen) atoms. The molecule has 0 aromatic heterocycles. The lowest BCUT2D eigenvalue weighted by Gasteiger charge is -2.21. The minimum absolute atomic E-state index is 0.0278. The molecule has 0 heterocycles. The van der Waals surface area contributed by atoms with Gasteiger partial charge >= 0.3 is 0 Å².